The molecule has 6 heteroatoms. The lowest BCUT2D eigenvalue weighted by Crippen LogP contribution is -2.10. The van der Waals surface area contributed by atoms with Gasteiger partial charge in [-0.3, -0.25) is 0 Å². The van der Waals surface area contributed by atoms with Gasteiger partial charge in [-0.1, -0.05) is 425 Å². The minimum atomic E-state index is 1.13. The summed E-state index contributed by atoms with van der Waals surface area (Å²) in [7, 11) is 0. The molecule has 0 saturated carbocycles. The van der Waals surface area contributed by atoms with Crippen molar-refractivity contribution < 1.29 is 0 Å². The second-order valence-corrected chi connectivity index (χ2v) is 42.0. The van der Waals surface area contributed by atoms with Crippen molar-refractivity contribution >= 4 is 243 Å². The zero-order valence-electron chi connectivity index (χ0n) is 81.8. The van der Waals surface area contributed by atoms with E-state index in [0.717, 1.165) is 39.8 Å². The first-order valence-corrected chi connectivity index (χ1v) is 53.7. The molecule has 3 heterocycles. The molecule has 0 radical (unpaired) electrons. The van der Waals surface area contributed by atoms with Crippen LogP contribution < -0.4 is 14.7 Å². The molecule has 0 aliphatic carbocycles. The summed E-state index contributed by atoms with van der Waals surface area (Å²) in [6.07, 6.45) is 0. The second kappa shape index (κ2) is 38.1. The number of hydrogen-bond donors (Lipinski definition) is 0. The second-order valence-electron chi connectivity index (χ2n) is 38.7. The Kier molecular flexibility index (Phi) is 22.6. The van der Waals surface area contributed by atoms with E-state index in [2.05, 4.69) is 579 Å². The molecule has 0 amide bonds. The van der Waals surface area contributed by atoms with Gasteiger partial charge < -0.3 is 14.7 Å². The molecule has 0 unspecified atom stereocenters. The fourth-order valence-corrected chi connectivity index (χ4v) is 26.6. The number of nitrogens with zero attached hydrogens (tertiary/aromatic N) is 3. The van der Waals surface area contributed by atoms with E-state index < -0.39 is 0 Å². The Hall–Kier alpha value is -18.7. The predicted octanol–water partition coefficient (Wildman–Crippen LogP) is 43.0. The number of hydrogen-bond acceptors (Lipinski definition) is 6. The summed E-state index contributed by atoms with van der Waals surface area (Å²) < 4.78 is 7.73. The summed E-state index contributed by atoms with van der Waals surface area (Å²) in [5, 5.41) is 30.7. The number of para-hydroxylation sites is 3. The third-order valence-electron chi connectivity index (χ3n) is 30.1. The molecule has 3 nitrogen and oxygen atoms in total. The van der Waals surface area contributed by atoms with Crippen LogP contribution in [0.3, 0.4) is 0 Å². The van der Waals surface area contributed by atoms with E-state index in [9.17, 15) is 0 Å². The molecular formula is C144H93N3S3. The zero-order chi connectivity index (χ0) is 99.1. The Labute approximate surface area is 881 Å². The van der Waals surface area contributed by atoms with Gasteiger partial charge in [-0.05, 0) is 303 Å². The SMILES string of the molecule is c1ccc(N(c2ccc(-c3ccc4ccccc4c3)cc2)c2ccc3c(c2)sc2cccc(-c4cccc5ccc6ccccc6c45)c23)cc1.c1ccc(N(c2ccc(-c3ccc4ccccc4c3)cc2)c2cccc3c2sc2cccc(-c4cccc5ccc6ccccc6c45)c23)cc1.c1ccc(N(c2ccc(-c3ccc4ccccc4c3)cc2)c2cccc3sc4cccc(-c5cccc6ccc7ccccc7c56)c4c23)cc1. The van der Waals surface area contributed by atoms with Crippen LogP contribution in [0, 0.1) is 0 Å². The van der Waals surface area contributed by atoms with Crippen molar-refractivity contribution in [3.05, 3.63) is 564 Å². The van der Waals surface area contributed by atoms with Crippen molar-refractivity contribution in [2.75, 3.05) is 14.7 Å². The Morgan fingerprint density at radius 2 is 0.387 bits per heavy atom. The normalized spacial score (nSPS) is 11.6. The van der Waals surface area contributed by atoms with Crippen LogP contribution in [0.2, 0.25) is 0 Å². The van der Waals surface area contributed by atoms with Crippen molar-refractivity contribution in [3.8, 4) is 66.8 Å². The quantitative estimate of drug-likeness (QED) is 0.0947. The lowest BCUT2D eigenvalue weighted by atomic mass is 9.91. The highest BCUT2D eigenvalue weighted by Gasteiger charge is 2.27. The first kappa shape index (κ1) is 89.0. The highest BCUT2D eigenvalue weighted by atomic mass is 32.1. The lowest BCUT2D eigenvalue weighted by molar-refractivity contribution is 1.29. The smallest absolute Gasteiger partial charge is 0.0640 e. The lowest BCUT2D eigenvalue weighted by Gasteiger charge is -2.27. The van der Waals surface area contributed by atoms with E-state index >= 15 is 0 Å². The van der Waals surface area contributed by atoms with Crippen LogP contribution in [-0.2, 0) is 0 Å². The first-order valence-electron chi connectivity index (χ1n) is 51.3. The van der Waals surface area contributed by atoms with Crippen LogP contribution in [-0.4, -0.2) is 0 Å². The van der Waals surface area contributed by atoms with E-state index in [4.69, 9.17) is 0 Å². The summed E-state index contributed by atoms with van der Waals surface area (Å²) >= 11 is 5.63. The van der Waals surface area contributed by atoms with Crippen molar-refractivity contribution in [2.45, 2.75) is 0 Å². The van der Waals surface area contributed by atoms with Gasteiger partial charge in [-0.15, -0.1) is 34.0 Å². The highest BCUT2D eigenvalue weighted by molar-refractivity contribution is 7.27. The molecule has 0 aliphatic heterocycles. The van der Waals surface area contributed by atoms with Gasteiger partial charge >= 0.3 is 0 Å². The van der Waals surface area contributed by atoms with Crippen LogP contribution >= 0.6 is 34.0 Å². The first-order chi connectivity index (χ1) is 74.4. The molecule has 0 saturated heterocycles. The van der Waals surface area contributed by atoms with E-state index in [-0.39, 0.29) is 0 Å². The van der Waals surface area contributed by atoms with Crippen LogP contribution in [0.25, 0.3) is 224 Å². The summed E-state index contributed by atoms with van der Waals surface area (Å²) in [5.74, 6) is 0. The van der Waals surface area contributed by atoms with E-state index in [1.807, 2.05) is 34.0 Å². The molecule has 27 aromatic carbocycles. The summed E-state index contributed by atoms with van der Waals surface area (Å²) in [6, 6.07) is 206. The summed E-state index contributed by atoms with van der Waals surface area (Å²) in [4.78, 5) is 7.20. The number of benzene rings is 27. The van der Waals surface area contributed by atoms with Crippen LogP contribution in [0.5, 0.6) is 0 Å². The maximum absolute atomic E-state index is 2.42. The maximum atomic E-state index is 2.42. The zero-order valence-corrected chi connectivity index (χ0v) is 84.2. The maximum Gasteiger partial charge on any atom is 0.0640 e. The van der Waals surface area contributed by atoms with Crippen molar-refractivity contribution in [2.24, 2.45) is 0 Å². The summed E-state index contributed by atoms with van der Waals surface area (Å²) in [6.45, 7) is 0. The van der Waals surface area contributed by atoms with Crippen LogP contribution in [0.15, 0.2) is 564 Å². The van der Waals surface area contributed by atoms with Gasteiger partial charge in [0.2, 0.25) is 0 Å². The van der Waals surface area contributed by atoms with Gasteiger partial charge in [0.25, 0.3) is 0 Å². The predicted molar refractivity (Wildman–Crippen MR) is 652 cm³/mol. The third-order valence-corrected chi connectivity index (χ3v) is 33.5. The van der Waals surface area contributed by atoms with Gasteiger partial charge in [0, 0.05) is 95.6 Å². The van der Waals surface area contributed by atoms with Crippen LogP contribution in [0.1, 0.15) is 0 Å². The average molecular weight is 1960 g/mol. The Morgan fingerprint density at radius 1 is 0.120 bits per heavy atom. The monoisotopic (exact) mass is 1960 g/mol. The molecule has 0 aliphatic rings. The van der Waals surface area contributed by atoms with Crippen molar-refractivity contribution in [1.29, 1.82) is 0 Å². The topological polar surface area (TPSA) is 9.72 Å². The van der Waals surface area contributed by atoms with Crippen molar-refractivity contribution in [3.63, 3.8) is 0 Å². The minimum Gasteiger partial charge on any atom is -0.310 e. The van der Waals surface area contributed by atoms with Crippen molar-refractivity contribution in [1.82, 2.24) is 0 Å². The summed E-state index contributed by atoms with van der Waals surface area (Å²) in [5.41, 5.74) is 25.2. The van der Waals surface area contributed by atoms with Gasteiger partial charge in [0.1, 0.15) is 0 Å². The van der Waals surface area contributed by atoms with E-state index in [0.29, 0.717) is 0 Å². The molecule has 0 bridgehead atoms. The molecule has 3 aromatic heterocycles. The number of rotatable bonds is 15. The number of fused-ring (bicyclic) bond motifs is 21. The Bertz CT molecular complexity index is 10500. The standard InChI is InChI=1S/3C48H31NS/c1-2-15-38(16-3-1)49(39-29-27-33(28-30-39)37-26-23-32-11-4-5-13-36(32)31-37)44-21-9-20-43-47-42(19-10-22-45(47)50-48(43)44)41-18-8-14-35-25-24-34-12-6-7-17-40(34)46(35)41;1-2-15-38(16-3-1)49(39-29-27-33(28-30-39)37-26-23-32-11-4-5-13-36(32)31-37)43-20-10-22-45-48(43)47-42(19-9-21-44(47)50-45)41-18-8-14-35-25-24-34-12-6-7-17-40(34)46(35)41;1-2-14-38(15-3-1)49(39-26-24-33(25-27-39)37-23-20-32-10-4-5-12-36(32)30-37)40-28-29-44-46(31-40)50-45-19-9-18-43(48(44)45)42-17-8-13-35-22-21-34-11-6-7-16-41(34)47(35)42/h3*1-31H. The van der Waals surface area contributed by atoms with Gasteiger partial charge in [-0.25, -0.2) is 0 Å². The van der Waals surface area contributed by atoms with Gasteiger partial charge in [-0.2, -0.15) is 0 Å². The molecule has 150 heavy (non-hydrogen) atoms. The Morgan fingerprint density at radius 3 is 0.820 bits per heavy atom. The van der Waals surface area contributed by atoms with E-state index in [1.54, 1.807) is 0 Å². The highest BCUT2D eigenvalue weighted by Crippen LogP contribution is 2.54. The Balaban J connectivity index is 0.000000108. The van der Waals surface area contributed by atoms with Gasteiger partial charge in [0.05, 0.1) is 16.1 Å². The molecule has 0 spiro atoms. The molecule has 0 atom stereocenters. The third kappa shape index (κ3) is 16.0. The molecule has 0 N–H and O–H groups in total. The number of thiophene rings is 3. The van der Waals surface area contributed by atoms with E-state index in [1.165, 1.54) is 236 Å². The molecule has 30 rings (SSSR count). The average Bonchev–Trinajstić information content (AvgIpc) is 1.54. The largest absolute Gasteiger partial charge is 0.310 e. The molecular weight excluding hydrogens is 1870 g/mol. The van der Waals surface area contributed by atoms with Crippen LogP contribution in [0.4, 0.5) is 51.2 Å². The van der Waals surface area contributed by atoms with Gasteiger partial charge in [0.15, 0.2) is 0 Å². The molecule has 30 aromatic rings. The fraction of sp³-hybridized carbons (Fsp3) is 0. The fourth-order valence-electron chi connectivity index (χ4n) is 23.1. The minimum absolute atomic E-state index is 1.13. The molecule has 0 fully saturated rings. The number of anilines is 9. The molecule has 702 valence electrons.